The fourth-order valence-corrected chi connectivity index (χ4v) is 3.60. The Labute approximate surface area is 174 Å². The number of sulfonamides is 2. The van der Waals surface area contributed by atoms with Crippen molar-refractivity contribution in [3.05, 3.63) is 47.1 Å². The lowest BCUT2D eigenvalue weighted by molar-refractivity contribution is -0.692. The zero-order valence-corrected chi connectivity index (χ0v) is 17.6. The summed E-state index contributed by atoms with van der Waals surface area (Å²) in [7, 11) is -13.4. The summed E-state index contributed by atoms with van der Waals surface area (Å²) in [4.78, 5) is 0. The number of halogens is 6. The number of rotatable bonds is 6. The van der Waals surface area contributed by atoms with Gasteiger partial charge in [0.25, 0.3) is 0 Å². The van der Waals surface area contributed by atoms with Crippen molar-refractivity contribution in [3.8, 4) is 11.4 Å². The van der Waals surface area contributed by atoms with Gasteiger partial charge in [0.05, 0.1) is 13.2 Å². The van der Waals surface area contributed by atoms with E-state index in [-0.39, 0.29) is 0 Å². The van der Waals surface area contributed by atoms with Gasteiger partial charge in [-0.3, -0.25) is 0 Å². The monoisotopic (exact) mass is 497 g/mol. The molecule has 0 N–H and O–H groups in total. The first-order chi connectivity index (χ1) is 14.1. The minimum absolute atomic E-state index is 0.687. The molecule has 1 aromatic heterocycles. The van der Waals surface area contributed by atoms with Crippen molar-refractivity contribution >= 4 is 20.0 Å². The van der Waals surface area contributed by atoms with Crippen molar-refractivity contribution in [2.45, 2.75) is 31.4 Å². The molecule has 2 rings (SSSR count). The molecule has 0 unspecified atom stereocenters. The van der Waals surface area contributed by atoms with E-state index in [1.807, 2.05) is 31.3 Å². The number of hydrogen-bond acceptors (Lipinski definition) is 5. The molecule has 0 amide bonds. The van der Waals surface area contributed by atoms with E-state index < -0.39 is 31.1 Å². The molecular weight excluding hydrogens is 480 g/mol. The number of ether oxygens (including phenoxy) is 1. The molecule has 1 heterocycles. The van der Waals surface area contributed by atoms with Gasteiger partial charge in [0, 0.05) is 0 Å². The van der Waals surface area contributed by atoms with E-state index in [2.05, 4.69) is 34.6 Å². The lowest BCUT2D eigenvalue weighted by Crippen LogP contribution is -2.30. The molecule has 2 aromatic rings. The summed E-state index contributed by atoms with van der Waals surface area (Å²) in [5, 5.41) is 0. The highest BCUT2D eigenvalue weighted by molar-refractivity contribution is 8.13. The third-order valence-electron chi connectivity index (χ3n) is 3.28. The Kier molecular flexibility index (Phi) is 8.50. The van der Waals surface area contributed by atoms with Crippen LogP contribution < -0.4 is 9.30 Å². The van der Waals surface area contributed by atoms with Crippen molar-refractivity contribution in [3.63, 3.8) is 0 Å². The van der Waals surface area contributed by atoms with E-state index in [0.29, 0.717) is 6.61 Å². The lowest BCUT2D eigenvalue weighted by atomic mass is 10.3. The molecule has 0 bridgehead atoms. The molecule has 0 saturated carbocycles. The summed E-state index contributed by atoms with van der Waals surface area (Å²) in [6.45, 7) is 5.79. The summed E-state index contributed by atoms with van der Waals surface area (Å²) >= 11 is 0. The van der Waals surface area contributed by atoms with E-state index >= 15 is 0 Å². The zero-order valence-electron chi connectivity index (χ0n) is 15.9. The van der Waals surface area contributed by atoms with Crippen molar-refractivity contribution in [1.29, 1.82) is 0 Å². The Morgan fingerprint density at radius 2 is 1.48 bits per heavy atom. The number of benzene rings is 1. The summed E-state index contributed by atoms with van der Waals surface area (Å²) in [5.41, 5.74) is -11.3. The van der Waals surface area contributed by atoms with Crippen molar-refractivity contribution < 1.29 is 52.5 Å². The van der Waals surface area contributed by atoms with E-state index in [9.17, 15) is 43.2 Å². The van der Waals surface area contributed by atoms with Gasteiger partial charge in [0.1, 0.15) is 12.4 Å². The Hall–Kier alpha value is -2.33. The minimum atomic E-state index is -6.72. The quantitative estimate of drug-likeness (QED) is 0.451. The molecular formula is C15H17F6N3O5S2. The molecule has 0 aliphatic carbocycles. The second-order valence-electron chi connectivity index (χ2n) is 5.47. The molecule has 0 saturated heterocycles. The topological polar surface area (TPSA) is 100 Å². The average molecular weight is 497 g/mol. The Balaban J connectivity index is 0.000000311. The van der Waals surface area contributed by atoms with Crippen LogP contribution in [0, 0.1) is 0 Å². The van der Waals surface area contributed by atoms with Gasteiger partial charge in [-0.05, 0) is 26.0 Å². The second-order valence-corrected chi connectivity index (χ2v) is 8.89. The molecule has 176 valence electrons. The summed E-state index contributed by atoms with van der Waals surface area (Å²) < 4.78 is 119. The largest absolute Gasteiger partial charge is 0.489 e. The lowest BCUT2D eigenvalue weighted by Gasteiger charge is -2.22. The third-order valence-corrected chi connectivity index (χ3v) is 6.02. The molecule has 8 nitrogen and oxygen atoms in total. The van der Waals surface area contributed by atoms with Crippen LogP contribution in [0.3, 0.4) is 0 Å². The Morgan fingerprint density at radius 3 is 1.90 bits per heavy atom. The summed E-state index contributed by atoms with van der Waals surface area (Å²) in [6, 6.07) is 8.07. The van der Waals surface area contributed by atoms with Crippen molar-refractivity contribution in [2.75, 3.05) is 6.61 Å². The molecule has 0 radical (unpaired) electrons. The fraction of sp³-hybridized carbons (Fsp3) is 0.400. The van der Waals surface area contributed by atoms with E-state index in [1.54, 1.807) is 0 Å². The van der Waals surface area contributed by atoms with Gasteiger partial charge in [0.15, 0.2) is 31.5 Å². The maximum atomic E-state index is 11.4. The smallest absolute Gasteiger partial charge is 0.480 e. The van der Waals surface area contributed by atoms with Crippen LogP contribution in [-0.4, -0.2) is 39.0 Å². The fourth-order valence-electron chi connectivity index (χ4n) is 1.89. The highest BCUT2D eigenvalue weighted by Gasteiger charge is 2.46. The molecule has 31 heavy (non-hydrogen) atoms. The SMILES string of the molecule is CCOc1ccccc1-n1cc[n+](CC)c1.O=S(=O)([N-]S(=O)(=O)C(F)(F)F)C(F)(F)F. The van der Waals surface area contributed by atoms with Crippen LogP contribution in [0.2, 0.25) is 0 Å². The third kappa shape index (κ3) is 7.10. The van der Waals surface area contributed by atoms with Crippen LogP contribution in [0.1, 0.15) is 13.8 Å². The average Bonchev–Trinajstić information content (AvgIpc) is 3.09. The predicted molar refractivity (Wildman–Crippen MR) is 96.1 cm³/mol. The molecule has 0 spiro atoms. The van der Waals surface area contributed by atoms with Gasteiger partial charge in [-0.2, -0.15) is 30.9 Å². The minimum Gasteiger partial charge on any atom is -0.489 e. The van der Waals surface area contributed by atoms with Crippen LogP contribution in [-0.2, 0) is 26.6 Å². The van der Waals surface area contributed by atoms with Gasteiger partial charge in [-0.15, -0.1) is 0 Å². The maximum Gasteiger partial charge on any atom is 0.480 e. The molecule has 0 aliphatic rings. The van der Waals surface area contributed by atoms with Crippen LogP contribution in [0.5, 0.6) is 5.75 Å². The van der Waals surface area contributed by atoms with Crippen molar-refractivity contribution in [1.82, 2.24) is 4.57 Å². The number of nitrogens with zero attached hydrogens (tertiary/aromatic N) is 3. The van der Waals surface area contributed by atoms with Crippen LogP contribution >= 0.6 is 0 Å². The van der Waals surface area contributed by atoms with E-state index in [1.165, 1.54) is 0 Å². The van der Waals surface area contributed by atoms with Crippen molar-refractivity contribution in [2.24, 2.45) is 0 Å². The number of para-hydroxylation sites is 2. The molecule has 0 atom stereocenters. The predicted octanol–water partition coefficient (Wildman–Crippen LogP) is 3.24. The van der Waals surface area contributed by atoms with Gasteiger partial charge in [-0.25, -0.2) is 21.4 Å². The highest BCUT2D eigenvalue weighted by Crippen LogP contribution is 2.36. The highest BCUT2D eigenvalue weighted by atomic mass is 32.3. The van der Waals surface area contributed by atoms with E-state index in [0.717, 1.165) is 22.1 Å². The Morgan fingerprint density at radius 1 is 0.968 bits per heavy atom. The van der Waals surface area contributed by atoms with Gasteiger partial charge in [-0.1, -0.05) is 12.1 Å². The summed E-state index contributed by atoms with van der Waals surface area (Å²) in [5.74, 6) is 0.920. The molecule has 0 fully saturated rings. The first kappa shape index (κ1) is 26.7. The van der Waals surface area contributed by atoms with Gasteiger partial charge >= 0.3 is 11.0 Å². The standard InChI is InChI=1S/C13H17N2O.C2F6NO4S2/c1-3-14-9-10-15(11-14)12-7-5-6-8-13(12)16-4-2;3-1(4,5)14(10,11)9-15(12,13)2(6,7)8/h5-11H,3-4H2,1-2H3;/q+1;-1. The number of aryl methyl sites for hydroxylation is 1. The first-order valence-electron chi connectivity index (χ1n) is 8.21. The number of aromatic nitrogens is 2. The molecule has 1 aromatic carbocycles. The van der Waals surface area contributed by atoms with Gasteiger partial charge < -0.3 is 8.86 Å². The first-order valence-corrected chi connectivity index (χ1v) is 11.1. The number of imidazole rings is 1. The molecule has 16 heteroatoms. The molecule has 0 aliphatic heterocycles. The normalized spacial score (nSPS) is 12.8. The van der Waals surface area contributed by atoms with Crippen LogP contribution in [0.25, 0.3) is 9.81 Å². The number of hydrogen-bond donors (Lipinski definition) is 0. The zero-order chi connectivity index (χ0) is 24.1. The van der Waals surface area contributed by atoms with Gasteiger partial charge in [0.2, 0.25) is 6.33 Å². The van der Waals surface area contributed by atoms with Crippen LogP contribution in [0.15, 0.2) is 43.0 Å². The Bertz CT molecular complexity index is 1040. The van der Waals surface area contributed by atoms with Crippen LogP contribution in [0.4, 0.5) is 26.3 Å². The number of alkyl halides is 6. The summed E-state index contributed by atoms with van der Waals surface area (Å²) in [6.07, 6.45) is 6.17. The second kappa shape index (κ2) is 9.86. The van der Waals surface area contributed by atoms with E-state index in [4.69, 9.17) is 4.74 Å². The maximum absolute atomic E-state index is 11.4.